The van der Waals surface area contributed by atoms with Gasteiger partial charge in [-0.2, -0.15) is 0 Å². The van der Waals surface area contributed by atoms with E-state index in [1.54, 1.807) is 0 Å². The molecule has 2 aromatic rings. The molecule has 22 heavy (non-hydrogen) atoms. The smallest absolute Gasteiger partial charge is 0.221 e. The molecule has 2 N–H and O–H groups in total. The Morgan fingerprint density at radius 3 is 2.95 bits per heavy atom. The van der Waals surface area contributed by atoms with Gasteiger partial charge in [0.15, 0.2) is 4.67 Å². The van der Waals surface area contributed by atoms with Crippen molar-refractivity contribution >= 4 is 27.5 Å². The van der Waals surface area contributed by atoms with Gasteiger partial charge in [-0.05, 0) is 71.1 Å². The molecule has 2 atom stereocenters. The number of furan rings is 1. The molecule has 0 bridgehead atoms. The first kappa shape index (κ1) is 15.3. The lowest BCUT2D eigenvalue weighted by molar-refractivity contribution is -0.114. The molecule has 2 heterocycles. The SMILES string of the molecule is CC(=O)Nc1cccc(C2CCNC(c3ccc(Br)o3)C2)c1. The predicted octanol–water partition coefficient (Wildman–Crippen LogP) is 4.21. The zero-order valence-corrected chi connectivity index (χ0v) is 14.0. The maximum Gasteiger partial charge on any atom is 0.221 e. The second-order valence-electron chi connectivity index (χ2n) is 5.68. The molecule has 1 fully saturated rings. The van der Waals surface area contributed by atoms with Crippen LogP contribution < -0.4 is 10.6 Å². The van der Waals surface area contributed by atoms with E-state index >= 15 is 0 Å². The van der Waals surface area contributed by atoms with Crippen LogP contribution in [0.4, 0.5) is 5.69 Å². The van der Waals surface area contributed by atoms with Crippen molar-refractivity contribution in [2.45, 2.75) is 31.7 Å². The third-order valence-electron chi connectivity index (χ3n) is 4.02. The molecular weight excluding hydrogens is 344 g/mol. The molecule has 1 saturated heterocycles. The Kier molecular flexibility index (Phi) is 4.64. The summed E-state index contributed by atoms with van der Waals surface area (Å²) in [6.07, 6.45) is 2.07. The summed E-state index contributed by atoms with van der Waals surface area (Å²) in [6, 6.07) is 12.3. The van der Waals surface area contributed by atoms with Crippen molar-refractivity contribution < 1.29 is 9.21 Å². The fourth-order valence-corrected chi connectivity index (χ4v) is 3.35. The first-order valence-corrected chi connectivity index (χ1v) is 8.27. The van der Waals surface area contributed by atoms with Crippen molar-refractivity contribution in [3.8, 4) is 0 Å². The average Bonchev–Trinajstić information content (AvgIpc) is 2.94. The van der Waals surface area contributed by atoms with Gasteiger partial charge in [0.1, 0.15) is 5.76 Å². The van der Waals surface area contributed by atoms with Gasteiger partial charge in [-0.25, -0.2) is 0 Å². The van der Waals surface area contributed by atoms with E-state index in [1.807, 2.05) is 24.3 Å². The van der Waals surface area contributed by atoms with E-state index < -0.39 is 0 Å². The van der Waals surface area contributed by atoms with Crippen LogP contribution in [0.1, 0.15) is 43.0 Å². The summed E-state index contributed by atoms with van der Waals surface area (Å²) >= 11 is 3.36. The van der Waals surface area contributed by atoms with Crippen molar-refractivity contribution in [1.82, 2.24) is 5.32 Å². The molecule has 116 valence electrons. The van der Waals surface area contributed by atoms with Gasteiger partial charge in [0.05, 0.1) is 6.04 Å². The molecule has 2 unspecified atom stereocenters. The maximum atomic E-state index is 11.2. The summed E-state index contributed by atoms with van der Waals surface area (Å²) in [5, 5.41) is 6.36. The van der Waals surface area contributed by atoms with Gasteiger partial charge in [0.25, 0.3) is 0 Å². The van der Waals surface area contributed by atoms with Crippen LogP contribution in [0.5, 0.6) is 0 Å². The number of piperidine rings is 1. The maximum absolute atomic E-state index is 11.2. The van der Waals surface area contributed by atoms with E-state index in [0.717, 1.165) is 35.5 Å². The second kappa shape index (κ2) is 6.67. The van der Waals surface area contributed by atoms with Crippen LogP contribution in [0.3, 0.4) is 0 Å². The molecule has 0 radical (unpaired) electrons. The Labute approximate surface area is 138 Å². The number of hydrogen-bond acceptors (Lipinski definition) is 3. The molecule has 1 aromatic carbocycles. The molecule has 3 rings (SSSR count). The fraction of sp³-hybridized carbons (Fsp3) is 0.353. The fourth-order valence-electron chi connectivity index (χ4n) is 3.03. The number of carbonyl (C=O) groups excluding carboxylic acids is 1. The van der Waals surface area contributed by atoms with Gasteiger partial charge >= 0.3 is 0 Å². The molecule has 1 aromatic heterocycles. The van der Waals surface area contributed by atoms with Crippen LogP contribution in [0.15, 0.2) is 45.5 Å². The van der Waals surface area contributed by atoms with Gasteiger partial charge in [0, 0.05) is 12.6 Å². The summed E-state index contributed by atoms with van der Waals surface area (Å²) in [5.41, 5.74) is 2.13. The minimum absolute atomic E-state index is 0.0410. The van der Waals surface area contributed by atoms with Crippen molar-refractivity contribution in [3.63, 3.8) is 0 Å². The molecule has 0 saturated carbocycles. The first-order valence-electron chi connectivity index (χ1n) is 7.48. The Morgan fingerprint density at radius 1 is 1.36 bits per heavy atom. The number of rotatable bonds is 3. The molecule has 1 amide bonds. The van der Waals surface area contributed by atoms with Crippen LogP contribution in [-0.4, -0.2) is 12.5 Å². The number of carbonyl (C=O) groups is 1. The predicted molar refractivity (Wildman–Crippen MR) is 89.9 cm³/mol. The average molecular weight is 363 g/mol. The van der Waals surface area contributed by atoms with Crippen molar-refractivity contribution in [2.75, 3.05) is 11.9 Å². The monoisotopic (exact) mass is 362 g/mol. The van der Waals surface area contributed by atoms with Crippen LogP contribution in [0.25, 0.3) is 0 Å². The van der Waals surface area contributed by atoms with Crippen molar-refractivity contribution in [2.24, 2.45) is 0 Å². The van der Waals surface area contributed by atoms with E-state index in [2.05, 4.69) is 38.7 Å². The Hall–Kier alpha value is -1.59. The van der Waals surface area contributed by atoms with Crippen molar-refractivity contribution in [3.05, 3.63) is 52.4 Å². The lowest BCUT2D eigenvalue weighted by atomic mass is 9.85. The molecule has 4 nitrogen and oxygen atoms in total. The third-order valence-corrected chi connectivity index (χ3v) is 4.45. The summed E-state index contributed by atoms with van der Waals surface area (Å²) in [5.74, 6) is 1.39. The van der Waals surface area contributed by atoms with Crippen LogP contribution >= 0.6 is 15.9 Å². The highest BCUT2D eigenvalue weighted by atomic mass is 79.9. The van der Waals surface area contributed by atoms with E-state index in [1.165, 1.54) is 12.5 Å². The van der Waals surface area contributed by atoms with Gasteiger partial charge in [0.2, 0.25) is 5.91 Å². The zero-order chi connectivity index (χ0) is 15.5. The summed E-state index contributed by atoms with van der Waals surface area (Å²) in [6.45, 7) is 2.49. The highest BCUT2D eigenvalue weighted by Crippen LogP contribution is 2.36. The normalized spacial score (nSPS) is 21.5. The van der Waals surface area contributed by atoms with E-state index in [0.29, 0.717) is 5.92 Å². The van der Waals surface area contributed by atoms with Gasteiger partial charge in [-0.3, -0.25) is 4.79 Å². The highest BCUT2D eigenvalue weighted by Gasteiger charge is 2.26. The zero-order valence-electron chi connectivity index (χ0n) is 12.4. The first-order chi connectivity index (χ1) is 10.6. The largest absolute Gasteiger partial charge is 0.453 e. The third kappa shape index (κ3) is 3.59. The summed E-state index contributed by atoms with van der Waals surface area (Å²) in [4.78, 5) is 11.2. The van der Waals surface area contributed by atoms with Crippen LogP contribution in [-0.2, 0) is 4.79 Å². The van der Waals surface area contributed by atoms with Crippen LogP contribution in [0, 0.1) is 0 Å². The van der Waals surface area contributed by atoms with E-state index in [-0.39, 0.29) is 11.9 Å². The van der Waals surface area contributed by atoms with Gasteiger partial charge < -0.3 is 15.1 Å². The number of halogens is 1. The number of hydrogen-bond donors (Lipinski definition) is 2. The van der Waals surface area contributed by atoms with E-state index in [4.69, 9.17) is 4.42 Å². The quantitative estimate of drug-likeness (QED) is 0.859. The van der Waals surface area contributed by atoms with Gasteiger partial charge in [-0.1, -0.05) is 12.1 Å². The number of anilines is 1. The number of amides is 1. The van der Waals surface area contributed by atoms with Crippen molar-refractivity contribution in [1.29, 1.82) is 0 Å². The molecule has 1 aliphatic rings. The summed E-state index contributed by atoms with van der Waals surface area (Å²) in [7, 11) is 0. The Morgan fingerprint density at radius 2 is 2.23 bits per heavy atom. The second-order valence-corrected chi connectivity index (χ2v) is 6.46. The lowest BCUT2D eigenvalue weighted by Gasteiger charge is -2.29. The standard InChI is InChI=1S/C17H19BrN2O2/c1-11(21)20-14-4-2-3-12(9-14)13-7-8-19-15(10-13)16-5-6-17(18)22-16/h2-6,9,13,15,19H,7-8,10H2,1H3,(H,20,21). The molecule has 1 aliphatic heterocycles. The molecular formula is C17H19BrN2O2. The Bertz CT molecular complexity index is 668. The number of nitrogens with one attached hydrogen (secondary N) is 2. The molecule has 0 spiro atoms. The highest BCUT2D eigenvalue weighted by molar-refractivity contribution is 9.10. The minimum atomic E-state index is -0.0410. The molecule has 5 heteroatoms. The topological polar surface area (TPSA) is 54.3 Å². The van der Waals surface area contributed by atoms with E-state index in [9.17, 15) is 4.79 Å². The van der Waals surface area contributed by atoms with Crippen LogP contribution in [0.2, 0.25) is 0 Å². The summed E-state index contributed by atoms with van der Waals surface area (Å²) < 4.78 is 6.44. The lowest BCUT2D eigenvalue weighted by Crippen LogP contribution is -2.30. The van der Waals surface area contributed by atoms with Gasteiger partial charge in [-0.15, -0.1) is 0 Å². The Balaban J connectivity index is 1.75. The number of benzene rings is 1. The molecule has 0 aliphatic carbocycles. The minimum Gasteiger partial charge on any atom is -0.453 e.